The van der Waals surface area contributed by atoms with Gasteiger partial charge in [0, 0.05) is 0 Å². The van der Waals surface area contributed by atoms with E-state index in [1.54, 1.807) is 0 Å². The summed E-state index contributed by atoms with van der Waals surface area (Å²) in [6, 6.07) is 0. The van der Waals surface area contributed by atoms with Crippen LogP contribution in [0.1, 0.15) is 0 Å². The van der Waals surface area contributed by atoms with Crippen LogP contribution in [0.15, 0.2) is 0 Å². The third-order valence-electron chi connectivity index (χ3n) is 1.83. The third kappa shape index (κ3) is 2.08. The van der Waals surface area contributed by atoms with Crippen molar-refractivity contribution in [1.82, 2.24) is 0 Å². The summed E-state index contributed by atoms with van der Waals surface area (Å²) < 4.78 is 14.9. The normalized spacial score (nSPS) is 41.0. The molecule has 3 N–H and O–H groups in total. The molecule has 0 radical (unpaired) electrons. The maximum absolute atomic E-state index is 10.4. The lowest BCUT2D eigenvalue weighted by Crippen LogP contribution is -2.37. The van der Waals surface area contributed by atoms with E-state index < -0.39 is 38.4 Å². The third-order valence-corrected chi connectivity index (χ3v) is 2.88. The Morgan fingerprint density at radius 2 is 1.85 bits per heavy atom. The van der Waals surface area contributed by atoms with Crippen LogP contribution < -0.4 is 9.79 Å². The summed E-state index contributed by atoms with van der Waals surface area (Å²) in [7, 11) is -5.10. The largest absolute Gasteiger partial charge is 0.809 e. The fourth-order valence-electron chi connectivity index (χ4n) is 1.14. The van der Waals surface area contributed by atoms with Gasteiger partial charge >= 0.3 is 0 Å². The number of hydrogen-bond acceptors (Lipinski definition) is 7. The van der Waals surface area contributed by atoms with Crippen molar-refractivity contribution in [2.24, 2.45) is 0 Å². The standard InChI is InChI=1S/C5H11O7P/c6-1-2-3(7)4(8)5(12-2)13(9,10)11/h2-8H,1H2,(H2,9,10,11)/p-2/t2-,3-,4+,5+/m1/s1. The van der Waals surface area contributed by atoms with Crippen molar-refractivity contribution in [3.8, 4) is 0 Å². The Hall–Kier alpha value is -0.0100. The number of aliphatic hydroxyl groups excluding tert-OH is 3. The van der Waals surface area contributed by atoms with E-state index in [9.17, 15) is 14.4 Å². The highest BCUT2D eigenvalue weighted by Crippen LogP contribution is 2.41. The summed E-state index contributed by atoms with van der Waals surface area (Å²) >= 11 is 0. The monoisotopic (exact) mass is 212 g/mol. The molecule has 1 fully saturated rings. The second-order valence-electron chi connectivity index (χ2n) is 2.77. The first-order valence-corrected chi connectivity index (χ1v) is 5.13. The molecule has 0 aromatic rings. The van der Waals surface area contributed by atoms with Gasteiger partial charge in [0.15, 0.2) is 0 Å². The van der Waals surface area contributed by atoms with Crippen LogP contribution in [-0.2, 0) is 9.30 Å². The van der Waals surface area contributed by atoms with Crippen LogP contribution in [0.4, 0.5) is 0 Å². The van der Waals surface area contributed by atoms with E-state index in [0.717, 1.165) is 0 Å². The molecule has 0 unspecified atom stereocenters. The Morgan fingerprint density at radius 1 is 1.31 bits per heavy atom. The molecule has 1 aliphatic heterocycles. The topological polar surface area (TPSA) is 133 Å². The molecule has 0 bridgehead atoms. The zero-order chi connectivity index (χ0) is 10.2. The lowest BCUT2D eigenvalue weighted by molar-refractivity contribution is -0.325. The highest BCUT2D eigenvalue weighted by atomic mass is 31.2. The summed E-state index contributed by atoms with van der Waals surface area (Å²) in [5, 5.41) is 26.6. The molecule has 0 spiro atoms. The van der Waals surface area contributed by atoms with Gasteiger partial charge in [-0.05, 0) is 7.60 Å². The van der Waals surface area contributed by atoms with Gasteiger partial charge in [-0.15, -0.1) is 0 Å². The highest BCUT2D eigenvalue weighted by molar-refractivity contribution is 7.49. The molecule has 0 aliphatic carbocycles. The van der Waals surface area contributed by atoms with Gasteiger partial charge < -0.3 is 34.4 Å². The molecule has 1 aliphatic rings. The van der Waals surface area contributed by atoms with Crippen molar-refractivity contribution >= 4 is 7.60 Å². The molecular formula is C5H9O7P-2. The van der Waals surface area contributed by atoms with Crippen molar-refractivity contribution in [2.75, 3.05) is 6.61 Å². The highest BCUT2D eigenvalue weighted by Gasteiger charge is 2.43. The van der Waals surface area contributed by atoms with Gasteiger partial charge in [-0.1, -0.05) is 0 Å². The van der Waals surface area contributed by atoms with Gasteiger partial charge in [-0.3, -0.25) is 0 Å². The second kappa shape index (κ2) is 3.62. The van der Waals surface area contributed by atoms with Gasteiger partial charge in [-0.25, -0.2) is 0 Å². The van der Waals surface area contributed by atoms with E-state index in [0.29, 0.717) is 0 Å². The van der Waals surface area contributed by atoms with Crippen LogP contribution >= 0.6 is 7.60 Å². The smallest absolute Gasteiger partial charge is 0.113 e. The lowest BCUT2D eigenvalue weighted by Gasteiger charge is -2.36. The first-order chi connectivity index (χ1) is 5.88. The zero-order valence-electron chi connectivity index (χ0n) is 6.44. The zero-order valence-corrected chi connectivity index (χ0v) is 7.33. The number of aliphatic hydroxyl groups is 3. The molecule has 1 rings (SSSR count). The molecule has 0 aromatic carbocycles. The van der Waals surface area contributed by atoms with Gasteiger partial charge in [0.25, 0.3) is 0 Å². The average molecular weight is 212 g/mol. The molecule has 0 aromatic heterocycles. The number of rotatable bonds is 2. The van der Waals surface area contributed by atoms with Crippen LogP contribution in [0.25, 0.3) is 0 Å². The molecule has 13 heavy (non-hydrogen) atoms. The van der Waals surface area contributed by atoms with Crippen LogP contribution in [0.5, 0.6) is 0 Å². The summed E-state index contributed by atoms with van der Waals surface area (Å²) in [4.78, 5) is 20.9. The minimum atomic E-state index is -5.10. The molecule has 8 heteroatoms. The summed E-state index contributed by atoms with van der Waals surface area (Å²) in [5.74, 6) is -1.97. The maximum Gasteiger partial charge on any atom is 0.113 e. The number of ether oxygens (including phenoxy) is 1. The Labute approximate surface area is 73.7 Å². The van der Waals surface area contributed by atoms with Crippen molar-refractivity contribution in [2.45, 2.75) is 24.2 Å². The minimum absolute atomic E-state index is 0.658. The molecule has 78 valence electrons. The van der Waals surface area contributed by atoms with Crippen molar-refractivity contribution < 1.29 is 34.4 Å². The molecule has 1 saturated heterocycles. The first-order valence-electron chi connectivity index (χ1n) is 3.52. The van der Waals surface area contributed by atoms with Gasteiger partial charge in [0.05, 0.1) is 6.61 Å². The van der Waals surface area contributed by atoms with Gasteiger partial charge in [0.1, 0.15) is 24.2 Å². The Bertz CT molecular complexity index is 225. The fourth-order valence-corrected chi connectivity index (χ4v) is 2.00. The van der Waals surface area contributed by atoms with Crippen LogP contribution in [0.2, 0.25) is 0 Å². The quantitative estimate of drug-likeness (QED) is 0.401. The van der Waals surface area contributed by atoms with Gasteiger partial charge in [-0.2, -0.15) is 0 Å². The summed E-state index contributed by atoms with van der Waals surface area (Å²) in [5.41, 5.74) is 0. The minimum Gasteiger partial charge on any atom is -0.809 e. The van der Waals surface area contributed by atoms with Crippen LogP contribution in [0, 0.1) is 0 Å². The summed E-state index contributed by atoms with van der Waals surface area (Å²) in [6.45, 7) is -0.658. The lowest BCUT2D eigenvalue weighted by atomic mass is 10.2. The van der Waals surface area contributed by atoms with E-state index in [1.807, 2.05) is 0 Å². The van der Waals surface area contributed by atoms with E-state index in [1.165, 1.54) is 0 Å². The van der Waals surface area contributed by atoms with Crippen molar-refractivity contribution in [1.29, 1.82) is 0 Å². The van der Waals surface area contributed by atoms with E-state index in [-0.39, 0.29) is 0 Å². The summed E-state index contributed by atoms with van der Waals surface area (Å²) in [6.07, 6.45) is -4.57. The Kier molecular flexibility index (Phi) is 3.09. The molecular weight excluding hydrogens is 203 g/mol. The number of hydrogen-bond donors (Lipinski definition) is 3. The molecule has 7 nitrogen and oxygen atoms in total. The fraction of sp³-hybridized carbons (Fsp3) is 1.00. The average Bonchev–Trinajstić information content (AvgIpc) is 2.28. The molecule has 0 saturated carbocycles. The van der Waals surface area contributed by atoms with E-state index in [2.05, 4.69) is 4.74 Å². The molecule has 4 atom stereocenters. The van der Waals surface area contributed by atoms with Crippen LogP contribution in [0.3, 0.4) is 0 Å². The van der Waals surface area contributed by atoms with Crippen molar-refractivity contribution in [3.63, 3.8) is 0 Å². The van der Waals surface area contributed by atoms with Crippen LogP contribution in [-0.4, -0.2) is 46.1 Å². The Balaban J connectivity index is 2.77. The van der Waals surface area contributed by atoms with Crippen molar-refractivity contribution in [3.05, 3.63) is 0 Å². The second-order valence-corrected chi connectivity index (χ2v) is 4.36. The predicted molar refractivity (Wildman–Crippen MR) is 35.4 cm³/mol. The maximum atomic E-state index is 10.4. The predicted octanol–water partition coefficient (Wildman–Crippen LogP) is -3.66. The van der Waals surface area contributed by atoms with E-state index >= 15 is 0 Å². The molecule has 0 amide bonds. The molecule has 1 heterocycles. The van der Waals surface area contributed by atoms with Gasteiger partial charge in [0.2, 0.25) is 0 Å². The Morgan fingerprint density at radius 3 is 2.08 bits per heavy atom. The SMILES string of the molecule is O=P([O-])([O-])[C@@H]1O[C@H](CO)[C@@H](O)[C@@H]1O. The first kappa shape index (κ1) is 11.1. The van der Waals surface area contributed by atoms with E-state index in [4.69, 9.17) is 15.3 Å².